The number of nitrogens with one attached hydrogen (secondary N) is 1. The van der Waals surface area contributed by atoms with Crippen LogP contribution in [0.15, 0.2) is 29.2 Å². The summed E-state index contributed by atoms with van der Waals surface area (Å²) in [6, 6.07) is 2.33. The number of thiophene rings is 1. The summed E-state index contributed by atoms with van der Waals surface area (Å²) in [6.07, 6.45) is 4.66. The van der Waals surface area contributed by atoms with Crippen LogP contribution in [-0.4, -0.2) is 17.0 Å². The molecule has 0 saturated heterocycles. The fourth-order valence-corrected chi connectivity index (χ4v) is 2.23. The van der Waals surface area contributed by atoms with E-state index in [-0.39, 0.29) is 6.04 Å². The van der Waals surface area contributed by atoms with Gasteiger partial charge in [-0.1, -0.05) is 0 Å². The van der Waals surface area contributed by atoms with E-state index < -0.39 is 0 Å². The molecule has 1 atom stereocenters. The Bertz CT molecular complexity index is 422. The normalized spacial score (nSPS) is 12.6. The lowest BCUT2D eigenvalue weighted by molar-refractivity contribution is 0.557. The lowest BCUT2D eigenvalue weighted by atomic mass is 10.1. The highest BCUT2D eigenvalue weighted by molar-refractivity contribution is 7.07. The second-order valence-electron chi connectivity index (χ2n) is 3.80. The van der Waals surface area contributed by atoms with Crippen LogP contribution in [0.5, 0.6) is 0 Å². The van der Waals surface area contributed by atoms with E-state index in [9.17, 15) is 0 Å². The first-order valence-electron chi connectivity index (χ1n) is 5.26. The molecule has 3 nitrogen and oxygen atoms in total. The molecular formula is C12H15N3S. The maximum Gasteiger partial charge on any atom is 0.145 e. The summed E-state index contributed by atoms with van der Waals surface area (Å²) in [5.41, 5.74) is 2.42. The zero-order valence-electron chi connectivity index (χ0n) is 9.47. The van der Waals surface area contributed by atoms with E-state index in [0.717, 1.165) is 17.8 Å². The number of nitrogens with zero attached hydrogens (tertiary/aromatic N) is 2. The summed E-state index contributed by atoms with van der Waals surface area (Å²) in [6.45, 7) is 2.00. The van der Waals surface area contributed by atoms with Crippen LogP contribution in [0.4, 0.5) is 0 Å². The number of likely N-dealkylation sites (N-methyl/N-ethyl adjacent to an activating group) is 1. The predicted octanol–water partition coefficient (Wildman–Crippen LogP) is 2.35. The summed E-state index contributed by atoms with van der Waals surface area (Å²) in [7, 11) is 1.94. The highest BCUT2D eigenvalue weighted by atomic mass is 32.1. The van der Waals surface area contributed by atoms with Gasteiger partial charge in [-0.2, -0.15) is 11.3 Å². The summed E-state index contributed by atoms with van der Waals surface area (Å²) in [5.74, 6) is 0.860. The summed E-state index contributed by atoms with van der Waals surface area (Å²) in [5, 5.41) is 7.52. The third-order valence-corrected chi connectivity index (χ3v) is 3.21. The molecule has 0 aliphatic heterocycles. The second-order valence-corrected chi connectivity index (χ2v) is 4.58. The maximum absolute atomic E-state index is 4.36. The van der Waals surface area contributed by atoms with Gasteiger partial charge in [0.25, 0.3) is 0 Å². The van der Waals surface area contributed by atoms with Gasteiger partial charge in [0, 0.05) is 12.4 Å². The Hall–Kier alpha value is -1.26. The van der Waals surface area contributed by atoms with Crippen molar-refractivity contribution in [2.75, 3.05) is 7.05 Å². The summed E-state index contributed by atoms with van der Waals surface area (Å²) < 4.78 is 0. The van der Waals surface area contributed by atoms with Crippen LogP contribution < -0.4 is 5.32 Å². The predicted molar refractivity (Wildman–Crippen MR) is 66.6 cm³/mol. The summed E-state index contributed by atoms with van der Waals surface area (Å²) in [4.78, 5) is 8.72. The Balaban J connectivity index is 2.13. The van der Waals surface area contributed by atoms with Crippen LogP contribution in [0.2, 0.25) is 0 Å². The van der Waals surface area contributed by atoms with Gasteiger partial charge in [-0.05, 0) is 48.3 Å². The Kier molecular flexibility index (Phi) is 3.64. The molecule has 0 saturated carbocycles. The number of rotatable bonds is 4. The first kappa shape index (κ1) is 11.2. The monoisotopic (exact) mass is 233 g/mol. The van der Waals surface area contributed by atoms with Gasteiger partial charge in [-0.3, -0.25) is 0 Å². The van der Waals surface area contributed by atoms with Crippen molar-refractivity contribution in [1.29, 1.82) is 0 Å². The Labute approximate surface area is 99.6 Å². The molecule has 1 N–H and O–H groups in total. The van der Waals surface area contributed by atoms with Crippen LogP contribution >= 0.6 is 11.3 Å². The van der Waals surface area contributed by atoms with Gasteiger partial charge < -0.3 is 5.32 Å². The standard InChI is InChI=1S/C12H15N3S/c1-9-6-14-12(15-7-9)11(13-2)5-10-3-4-16-8-10/h3-4,6-8,11,13H,5H2,1-2H3. The SMILES string of the molecule is CNC(Cc1ccsc1)c1ncc(C)cn1. The fourth-order valence-electron chi connectivity index (χ4n) is 1.55. The molecule has 2 heterocycles. The molecule has 4 heteroatoms. The average molecular weight is 233 g/mol. The highest BCUT2D eigenvalue weighted by Crippen LogP contribution is 2.16. The largest absolute Gasteiger partial charge is 0.310 e. The van der Waals surface area contributed by atoms with E-state index >= 15 is 0 Å². The van der Waals surface area contributed by atoms with Crippen molar-refractivity contribution in [1.82, 2.24) is 15.3 Å². The second kappa shape index (κ2) is 5.18. The van der Waals surface area contributed by atoms with Gasteiger partial charge in [0.2, 0.25) is 0 Å². The molecule has 2 aromatic heterocycles. The van der Waals surface area contributed by atoms with Crippen LogP contribution in [0.3, 0.4) is 0 Å². The van der Waals surface area contributed by atoms with E-state index in [1.165, 1.54) is 5.56 Å². The smallest absolute Gasteiger partial charge is 0.145 e. The van der Waals surface area contributed by atoms with Crippen molar-refractivity contribution in [3.63, 3.8) is 0 Å². The molecule has 0 aliphatic carbocycles. The molecule has 0 amide bonds. The first-order valence-corrected chi connectivity index (χ1v) is 6.21. The van der Waals surface area contributed by atoms with Crippen molar-refractivity contribution in [2.45, 2.75) is 19.4 Å². The molecular weight excluding hydrogens is 218 g/mol. The van der Waals surface area contributed by atoms with Crippen LogP contribution in [0.1, 0.15) is 23.0 Å². The van der Waals surface area contributed by atoms with E-state index in [4.69, 9.17) is 0 Å². The van der Waals surface area contributed by atoms with E-state index in [1.54, 1.807) is 11.3 Å². The van der Waals surface area contributed by atoms with Gasteiger partial charge in [0.15, 0.2) is 0 Å². The van der Waals surface area contributed by atoms with Crippen LogP contribution in [0, 0.1) is 6.92 Å². The molecule has 0 spiro atoms. The quantitative estimate of drug-likeness (QED) is 0.881. The van der Waals surface area contributed by atoms with Crippen molar-refractivity contribution in [2.24, 2.45) is 0 Å². The third kappa shape index (κ3) is 2.65. The Morgan fingerprint density at radius 1 is 1.38 bits per heavy atom. The van der Waals surface area contributed by atoms with Crippen molar-refractivity contribution >= 4 is 11.3 Å². The van der Waals surface area contributed by atoms with E-state index in [0.29, 0.717) is 0 Å². The molecule has 1 unspecified atom stereocenters. The lowest BCUT2D eigenvalue weighted by Crippen LogP contribution is -2.21. The molecule has 0 bridgehead atoms. The van der Waals surface area contributed by atoms with Crippen molar-refractivity contribution < 1.29 is 0 Å². The molecule has 84 valence electrons. The van der Waals surface area contributed by atoms with Crippen molar-refractivity contribution in [3.05, 3.63) is 46.2 Å². The van der Waals surface area contributed by atoms with Gasteiger partial charge in [0.1, 0.15) is 5.82 Å². The van der Waals surface area contributed by atoms with E-state index in [1.807, 2.05) is 26.4 Å². The lowest BCUT2D eigenvalue weighted by Gasteiger charge is -2.13. The first-order chi connectivity index (χ1) is 7.79. The van der Waals surface area contributed by atoms with Gasteiger partial charge in [-0.15, -0.1) is 0 Å². The molecule has 0 aromatic carbocycles. The zero-order valence-corrected chi connectivity index (χ0v) is 10.3. The zero-order chi connectivity index (χ0) is 11.4. The molecule has 2 aromatic rings. The van der Waals surface area contributed by atoms with Crippen LogP contribution in [0.25, 0.3) is 0 Å². The Morgan fingerprint density at radius 2 is 2.12 bits per heavy atom. The van der Waals surface area contributed by atoms with Gasteiger partial charge in [0.05, 0.1) is 6.04 Å². The van der Waals surface area contributed by atoms with E-state index in [2.05, 4.69) is 32.1 Å². The number of aromatic nitrogens is 2. The van der Waals surface area contributed by atoms with Gasteiger partial charge in [-0.25, -0.2) is 9.97 Å². The maximum atomic E-state index is 4.36. The third-order valence-electron chi connectivity index (χ3n) is 2.48. The molecule has 0 aliphatic rings. The average Bonchev–Trinajstić information content (AvgIpc) is 2.80. The molecule has 16 heavy (non-hydrogen) atoms. The minimum absolute atomic E-state index is 0.190. The number of aryl methyl sites for hydroxylation is 1. The minimum Gasteiger partial charge on any atom is -0.310 e. The van der Waals surface area contributed by atoms with Crippen LogP contribution in [-0.2, 0) is 6.42 Å². The topological polar surface area (TPSA) is 37.8 Å². The molecule has 0 fully saturated rings. The summed E-state index contributed by atoms with van der Waals surface area (Å²) >= 11 is 1.72. The minimum atomic E-state index is 0.190. The number of hydrogen-bond donors (Lipinski definition) is 1. The Morgan fingerprint density at radius 3 is 2.69 bits per heavy atom. The van der Waals surface area contributed by atoms with Gasteiger partial charge >= 0.3 is 0 Å². The molecule has 2 rings (SSSR count). The number of hydrogen-bond acceptors (Lipinski definition) is 4. The molecule has 0 radical (unpaired) electrons. The van der Waals surface area contributed by atoms with Crippen molar-refractivity contribution in [3.8, 4) is 0 Å². The highest BCUT2D eigenvalue weighted by Gasteiger charge is 2.12. The fraction of sp³-hybridized carbons (Fsp3) is 0.333.